The lowest BCUT2D eigenvalue weighted by Gasteiger charge is -2.44. The second kappa shape index (κ2) is 15.4. The molecule has 0 amide bonds. The molecule has 3 aromatic rings. The maximum atomic E-state index is 14.1. The topological polar surface area (TPSA) is 349 Å². The number of aliphatic hydroxyl groups is 10. The van der Waals surface area contributed by atoms with Gasteiger partial charge in [-0.25, -0.2) is 0 Å². The van der Waals surface area contributed by atoms with Crippen LogP contribution in [-0.2, 0) is 18.9 Å². The van der Waals surface area contributed by atoms with E-state index in [-0.39, 0.29) is 11.3 Å². The summed E-state index contributed by atoms with van der Waals surface area (Å²) >= 11 is 0. The fraction of sp³-hybridized carbons (Fsp3) is 0.531. The Kier molecular flexibility index (Phi) is 11.3. The third-order valence-corrected chi connectivity index (χ3v) is 9.05. The number of benzene rings is 2. The Morgan fingerprint density at radius 3 is 1.91 bits per heavy atom. The van der Waals surface area contributed by atoms with Crippen LogP contribution in [0.3, 0.4) is 0 Å². The zero-order valence-electron chi connectivity index (χ0n) is 27.2. The number of aromatic hydroxyl groups is 3. The normalized spacial score (nSPS) is 36.3. The van der Waals surface area contributed by atoms with Crippen LogP contribution in [0.4, 0.5) is 0 Å². The highest BCUT2D eigenvalue weighted by Gasteiger charge is 2.50. The number of ether oxygens (including phenoxy) is 6. The standard InChI is InChI=1S/C32H38O21/c33-6-16-20(40)23(43)25(45)30(50-16)48-10-4-13(37)18-15(5-10)49-27(9-1-2-11(35)12(36)3-9)28(22(18)42)52-32-29(19(39)14(38)8-47-32)53-31-26(46)24(44)21(41)17(7-34)51-31/h1-5,14,16-17,19-21,23-26,29-41,43-46H,6-8H2. The second-order valence-electron chi connectivity index (χ2n) is 12.6. The Morgan fingerprint density at radius 1 is 0.660 bits per heavy atom. The van der Waals surface area contributed by atoms with Crippen LogP contribution in [0.2, 0.25) is 0 Å². The Morgan fingerprint density at radius 2 is 1.28 bits per heavy atom. The third-order valence-electron chi connectivity index (χ3n) is 9.05. The van der Waals surface area contributed by atoms with Crippen LogP contribution in [0.1, 0.15) is 0 Å². The largest absolute Gasteiger partial charge is 0.507 e. The summed E-state index contributed by atoms with van der Waals surface area (Å²) in [6.07, 6.45) is -24.5. The van der Waals surface area contributed by atoms with Gasteiger partial charge in [0, 0.05) is 17.7 Å². The molecule has 4 heterocycles. The van der Waals surface area contributed by atoms with Gasteiger partial charge in [-0.3, -0.25) is 4.79 Å². The molecule has 14 unspecified atom stereocenters. The van der Waals surface area contributed by atoms with Gasteiger partial charge >= 0.3 is 0 Å². The van der Waals surface area contributed by atoms with Gasteiger partial charge in [0.25, 0.3) is 0 Å². The SMILES string of the molecule is O=c1c(OC2OCC(O)C(O)C2OC2OC(CO)C(O)C(O)C2O)c(-c2ccc(O)c(O)c2)oc2cc(OC3OC(CO)C(O)C(O)C3O)cc(O)c12. The zero-order valence-corrected chi connectivity index (χ0v) is 27.2. The minimum atomic E-state index is -1.96. The minimum Gasteiger partial charge on any atom is -0.507 e. The Balaban J connectivity index is 1.40. The lowest BCUT2D eigenvalue weighted by molar-refractivity contribution is -0.348. The van der Waals surface area contributed by atoms with E-state index in [1.807, 2.05) is 0 Å². The van der Waals surface area contributed by atoms with Crippen molar-refractivity contribution < 1.29 is 99.2 Å². The van der Waals surface area contributed by atoms with E-state index in [9.17, 15) is 71.2 Å². The molecule has 21 heteroatoms. The Hall–Kier alpha value is -3.91. The van der Waals surface area contributed by atoms with E-state index in [1.165, 1.54) is 6.07 Å². The zero-order chi connectivity index (χ0) is 38.5. The van der Waals surface area contributed by atoms with Crippen LogP contribution in [0.15, 0.2) is 39.5 Å². The van der Waals surface area contributed by atoms with Crippen LogP contribution >= 0.6 is 0 Å². The van der Waals surface area contributed by atoms with Gasteiger partial charge in [-0.15, -0.1) is 0 Å². The van der Waals surface area contributed by atoms with Crippen LogP contribution in [0, 0.1) is 0 Å². The molecule has 0 radical (unpaired) electrons. The highest BCUT2D eigenvalue weighted by molar-refractivity contribution is 5.88. The van der Waals surface area contributed by atoms with E-state index >= 15 is 0 Å². The maximum absolute atomic E-state index is 14.1. The van der Waals surface area contributed by atoms with Crippen molar-refractivity contribution in [3.8, 4) is 40.1 Å². The van der Waals surface area contributed by atoms with Crippen molar-refractivity contribution in [2.75, 3.05) is 19.8 Å². The van der Waals surface area contributed by atoms with Gasteiger partial charge in [0.05, 0.1) is 19.8 Å². The average molecular weight is 759 g/mol. The summed E-state index contributed by atoms with van der Waals surface area (Å²) in [5, 5.41) is 133. The molecular formula is C32H38O21. The molecule has 13 N–H and O–H groups in total. The van der Waals surface area contributed by atoms with Crippen molar-refractivity contribution in [1.29, 1.82) is 0 Å². The van der Waals surface area contributed by atoms with Crippen molar-refractivity contribution in [3.63, 3.8) is 0 Å². The number of rotatable bonds is 9. The van der Waals surface area contributed by atoms with Crippen molar-refractivity contribution in [2.24, 2.45) is 0 Å². The molecule has 0 saturated carbocycles. The first-order valence-electron chi connectivity index (χ1n) is 16.1. The summed E-state index contributed by atoms with van der Waals surface area (Å²) < 4.78 is 39.3. The number of fused-ring (bicyclic) bond motifs is 1. The first-order valence-corrected chi connectivity index (χ1v) is 16.1. The third kappa shape index (κ3) is 7.33. The predicted octanol–water partition coefficient (Wildman–Crippen LogP) is -4.60. The van der Waals surface area contributed by atoms with E-state index < -0.39 is 151 Å². The molecule has 3 aliphatic rings. The lowest BCUT2D eigenvalue weighted by atomic mass is 9.99. The van der Waals surface area contributed by atoms with Gasteiger partial charge in [-0.05, 0) is 18.2 Å². The van der Waals surface area contributed by atoms with Gasteiger partial charge in [0.15, 0.2) is 29.7 Å². The van der Waals surface area contributed by atoms with Crippen LogP contribution in [0.25, 0.3) is 22.3 Å². The highest BCUT2D eigenvalue weighted by atomic mass is 16.8. The molecule has 53 heavy (non-hydrogen) atoms. The monoisotopic (exact) mass is 758 g/mol. The first-order chi connectivity index (χ1) is 25.1. The van der Waals surface area contributed by atoms with E-state index in [1.54, 1.807) is 0 Å². The van der Waals surface area contributed by atoms with Crippen LogP contribution < -0.4 is 14.9 Å². The number of hydrogen-bond donors (Lipinski definition) is 13. The van der Waals surface area contributed by atoms with E-state index in [0.717, 1.165) is 24.3 Å². The summed E-state index contributed by atoms with van der Waals surface area (Å²) in [4.78, 5) is 14.1. The molecule has 3 fully saturated rings. The quantitative estimate of drug-likeness (QED) is 0.0913. The number of phenols is 3. The Bertz CT molecular complexity index is 1810. The molecule has 292 valence electrons. The Labute approximate surface area is 296 Å². The second-order valence-corrected chi connectivity index (χ2v) is 12.6. The fourth-order valence-electron chi connectivity index (χ4n) is 6.05. The lowest BCUT2D eigenvalue weighted by Crippen LogP contribution is -2.63. The fourth-order valence-corrected chi connectivity index (χ4v) is 6.05. The molecular weight excluding hydrogens is 720 g/mol. The van der Waals surface area contributed by atoms with Gasteiger partial charge in [0.2, 0.25) is 23.8 Å². The molecule has 3 saturated heterocycles. The van der Waals surface area contributed by atoms with Crippen LogP contribution in [-0.4, -0.2) is 172 Å². The highest BCUT2D eigenvalue weighted by Crippen LogP contribution is 2.40. The predicted molar refractivity (Wildman–Crippen MR) is 168 cm³/mol. The van der Waals surface area contributed by atoms with Crippen molar-refractivity contribution in [1.82, 2.24) is 0 Å². The molecule has 2 aromatic carbocycles. The molecule has 21 nitrogen and oxygen atoms in total. The molecule has 0 spiro atoms. The van der Waals surface area contributed by atoms with E-state index in [4.69, 9.17) is 32.8 Å². The number of hydrogen-bond acceptors (Lipinski definition) is 21. The smallest absolute Gasteiger partial charge is 0.239 e. The molecule has 3 aliphatic heterocycles. The number of aliphatic hydroxyl groups excluding tert-OH is 10. The number of phenolic OH excluding ortho intramolecular Hbond substituents is 3. The molecule has 6 rings (SSSR count). The first kappa shape index (κ1) is 38.8. The van der Waals surface area contributed by atoms with Crippen molar-refractivity contribution in [3.05, 3.63) is 40.6 Å². The minimum absolute atomic E-state index is 0.114. The van der Waals surface area contributed by atoms with Crippen molar-refractivity contribution >= 4 is 11.0 Å². The van der Waals surface area contributed by atoms with E-state index in [0.29, 0.717) is 0 Å². The molecule has 0 aliphatic carbocycles. The van der Waals surface area contributed by atoms with Gasteiger partial charge in [-0.2, -0.15) is 0 Å². The summed E-state index contributed by atoms with van der Waals surface area (Å²) in [6, 6.07) is 5.18. The summed E-state index contributed by atoms with van der Waals surface area (Å²) in [5.74, 6) is -3.58. The maximum Gasteiger partial charge on any atom is 0.239 e. The van der Waals surface area contributed by atoms with Gasteiger partial charge in [-0.1, -0.05) is 0 Å². The van der Waals surface area contributed by atoms with Crippen LogP contribution in [0.5, 0.6) is 28.7 Å². The summed E-state index contributed by atoms with van der Waals surface area (Å²) in [7, 11) is 0. The van der Waals surface area contributed by atoms with Gasteiger partial charge in [0.1, 0.15) is 83.5 Å². The summed E-state index contributed by atoms with van der Waals surface area (Å²) in [5.41, 5.74) is -1.63. The summed E-state index contributed by atoms with van der Waals surface area (Å²) in [6.45, 7) is -2.18. The average Bonchev–Trinajstić information content (AvgIpc) is 3.13. The van der Waals surface area contributed by atoms with Gasteiger partial charge < -0.3 is 99.2 Å². The van der Waals surface area contributed by atoms with Crippen molar-refractivity contribution in [2.45, 2.75) is 86.0 Å². The molecule has 14 atom stereocenters. The van der Waals surface area contributed by atoms with E-state index in [2.05, 4.69) is 0 Å². The molecule has 0 bridgehead atoms. The molecule has 1 aromatic heterocycles.